The number of benzene rings is 1. The zero-order valence-corrected chi connectivity index (χ0v) is 15.1. The van der Waals surface area contributed by atoms with Crippen LogP contribution in [0.4, 0.5) is 8.78 Å². The molecule has 0 amide bonds. The quantitative estimate of drug-likeness (QED) is 0.417. The number of hydrogen-bond donors (Lipinski definition) is 2. The lowest BCUT2D eigenvalue weighted by Gasteiger charge is -2.11. The molecule has 0 radical (unpaired) electrons. The van der Waals surface area contributed by atoms with E-state index in [2.05, 4.69) is 15.6 Å². The first-order chi connectivity index (χ1) is 10.7. The highest BCUT2D eigenvalue weighted by Crippen LogP contribution is 2.09. The summed E-state index contributed by atoms with van der Waals surface area (Å²) in [5.74, 6) is 0.675. The molecule has 0 aliphatic heterocycles. The van der Waals surface area contributed by atoms with Gasteiger partial charge < -0.3 is 15.1 Å². The van der Waals surface area contributed by atoms with E-state index in [1.807, 2.05) is 12.1 Å². The Balaban J connectivity index is 0.00000264. The summed E-state index contributed by atoms with van der Waals surface area (Å²) >= 11 is 0. The van der Waals surface area contributed by atoms with Gasteiger partial charge >= 0.3 is 0 Å². The monoisotopic (exact) mass is 435 g/mol. The predicted octanol–water partition coefficient (Wildman–Crippen LogP) is 3.13. The minimum Gasteiger partial charge on any atom is -0.469 e. The van der Waals surface area contributed by atoms with Crippen LogP contribution in [0.1, 0.15) is 11.3 Å². The van der Waals surface area contributed by atoms with Crippen molar-refractivity contribution in [3.05, 3.63) is 59.6 Å². The Hall–Kier alpha value is -1.64. The van der Waals surface area contributed by atoms with E-state index in [-0.39, 0.29) is 24.0 Å². The molecule has 4 nitrogen and oxygen atoms in total. The lowest BCUT2D eigenvalue weighted by Crippen LogP contribution is -2.39. The predicted molar refractivity (Wildman–Crippen MR) is 97.3 cm³/mol. The van der Waals surface area contributed by atoms with Gasteiger partial charge in [-0.15, -0.1) is 24.0 Å². The molecular weight excluding hydrogens is 415 g/mol. The van der Waals surface area contributed by atoms with Crippen molar-refractivity contribution in [1.82, 2.24) is 10.6 Å². The molecule has 0 unspecified atom stereocenters. The Morgan fingerprint density at radius 2 is 1.87 bits per heavy atom. The number of nitrogens with zero attached hydrogens (tertiary/aromatic N) is 1. The van der Waals surface area contributed by atoms with Gasteiger partial charge in [0.15, 0.2) is 5.96 Å². The molecule has 0 spiro atoms. The Morgan fingerprint density at radius 3 is 2.52 bits per heavy atom. The fraction of sp³-hybridized carbons (Fsp3) is 0.312. The first-order valence-electron chi connectivity index (χ1n) is 7.10. The van der Waals surface area contributed by atoms with E-state index < -0.39 is 11.6 Å². The Labute approximate surface area is 151 Å². The fourth-order valence-corrected chi connectivity index (χ4v) is 2.03. The van der Waals surface area contributed by atoms with Gasteiger partial charge in [-0.25, -0.2) is 8.78 Å². The SMILES string of the molecule is CN=C(NCCc1ccco1)NCCc1cc(F)ccc1F.I. The molecule has 0 aliphatic carbocycles. The van der Waals surface area contributed by atoms with Crippen LogP contribution in [0, 0.1) is 11.6 Å². The van der Waals surface area contributed by atoms with Gasteiger partial charge in [0.25, 0.3) is 0 Å². The number of nitrogens with one attached hydrogen (secondary N) is 2. The van der Waals surface area contributed by atoms with Crippen LogP contribution in [0.15, 0.2) is 46.0 Å². The lowest BCUT2D eigenvalue weighted by atomic mass is 10.1. The third kappa shape index (κ3) is 6.55. The standard InChI is InChI=1S/C16H19F2N3O.HI/c1-19-16(21-9-7-14-3-2-10-22-14)20-8-6-12-11-13(17)4-5-15(12)18;/h2-5,10-11H,6-9H2,1H3,(H2,19,20,21);1H. The Bertz CT molecular complexity index is 618. The van der Waals surface area contributed by atoms with Gasteiger partial charge in [-0.05, 0) is 42.3 Å². The van der Waals surface area contributed by atoms with Crippen molar-refractivity contribution >= 4 is 29.9 Å². The van der Waals surface area contributed by atoms with Crippen LogP contribution in [0.5, 0.6) is 0 Å². The van der Waals surface area contributed by atoms with Crippen LogP contribution in [0.2, 0.25) is 0 Å². The summed E-state index contributed by atoms with van der Waals surface area (Å²) in [6, 6.07) is 7.22. The maximum atomic E-state index is 13.5. The lowest BCUT2D eigenvalue weighted by molar-refractivity contribution is 0.507. The zero-order valence-electron chi connectivity index (χ0n) is 12.8. The van der Waals surface area contributed by atoms with Crippen molar-refractivity contribution in [2.45, 2.75) is 12.8 Å². The number of aliphatic imine (C=N–C) groups is 1. The summed E-state index contributed by atoms with van der Waals surface area (Å²) in [4.78, 5) is 4.07. The molecular formula is C16H20F2IN3O. The fourth-order valence-electron chi connectivity index (χ4n) is 2.03. The summed E-state index contributed by atoms with van der Waals surface area (Å²) in [5.41, 5.74) is 0.346. The van der Waals surface area contributed by atoms with Crippen LogP contribution in [0.3, 0.4) is 0 Å². The minimum atomic E-state index is -0.433. The first-order valence-corrected chi connectivity index (χ1v) is 7.10. The van der Waals surface area contributed by atoms with Crippen molar-refractivity contribution < 1.29 is 13.2 Å². The second-order valence-corrected chi connectivity index (χ2v) is 4.74. The molecule has 1 aromatic heterocycles. The van der Waals surface area contributed by atoms with Crippen molar-refractivity contribution in [2.24, 2.45) is 4.99 Å². The number of guanidine groups is 1. The summed E-state index contributed by atoms with van der Waals surface area (Å²) in [5, 5.41) is 6.19. The molecule has 1 aromatic carbocycles. The van der Waals surface area contributed by atoms with E-state index in [0.29, 0.717) is 31.0 Å². The molecule has 7 heteroatoms. The van der Waals surface area contributed by atoms with E-state index >= 15 is 0 Å². The number of halogens is 3. The molecule has 0 atom stereocenters. The number of rotatable bonds is 6. The summed E-state index contributed by atoms with van der Waals surface area (Å²) < 4.78 is 31.8. The average molecular weight is 435 g/mol. The highest BCUT2D eigenvalue weighted by Gasteiger charge is 2.04. The van der Waals surface area contributed by atoms with Gasteiger partial charge in [0.1, 0.15) is 17.4 Å². The normalized spacial score (nSPS) is 11.0. The molecule has 0 saturated heterocycles. The summed E-state index contributed by atoms with van der Waals surface area (Å²) in [6.07, 6.45) is 2.75. The number of hydrogen-bond acceptors (Lipinski definition) is 2. The van der Waals surface area contributed by atoms with Gasteiger partial charge in [-0.3, -0.25) is 4.99 Å². The van der Waals surface area contributed by atoms with E-state index in [0.717, 1.165) is 24.3 Å². The molecule has 2 aromatic rings. The molecule has 126 valence electrons. The molecule has 0 fully saturated rings. The van der Waals surface area contributed by atoms with Crippen molar-refractivity contribution in [1.29, 1.82) is 0 Å². The first kappa shape index (κ1) is 19.4. The van der Waals surface area contributed by atoms with Gasteiger partial charge in [0.05, 0.1) is 6.26 Å². The average Bonchev–Trinajstić information content (AvgIpc) is 3.02. The smallest absolute Gasteiger partial charge is 0.191 e. The molecule has 1 heterocycles. The Kier molecular flexibility index (Phi) is 8.60. The van der Waals surface area contributed by atoms with Crippen molar-refractivity contribution in [3.8, 4) is 0 Å². The molecule has 0 aliphatic rings. The van der Waals surface area contributed by atoms with Gasteiger partial charge in [-0.2, -0.15) is 0 Å². The van der Waals surface area contributed by atoms with Crippen molar-refractivity contribution in [2.75, 3.05) is 20.1 Å². The van der Waals surface area contributed by atoms with E-state index in [9.17, 15) is 8.78 Å². The summed E-state index contributed by atoms with van der Waals surface area (Å²) in [7, 11) is 1.66. The molecule has 2 N–H and O–H groups in total. The van der Waals surface area contributed by atoms with Crippen LogP contribution >= 0.6 is 24.0 Å². The van der Waals surface area contributed by atoms with E-state index in [1.54, 1.807) is 13.3 Å². The van der Waals surface area contributed by atoms with Crippen LogP contribution in [-0.4, -0.2) is 26.1 Å². The minimum absolute atomic E-state index is 0. The highest BCUT2D eigenvalue weighted by molar-refractivity contribution is 14.0. The number of furan rings is 1. The third-order valence-corrected chi connectivity index (χ3v) is 3.16. The van der Waals surface area contributed by atoms with Gasteiger partial charge in [0.2, 0.25) is 0 Å². The molecule has 23 heavy (non-hydrogen) atoms. The maximum absolute atomic E-state index is 13.5. The second-order valence-electron chi connectivity index (χ2n) is 4.74. The maximum Gasteiger partial charge on any atom is 0.191 e. The molecule has 0 bridgehead atoms. The van der Waals surface area contributed by atoms with Crippen LogP contribution < -0.4 is 10.6 Å². The van der Waals surface area contributed by atoms with E-state index in [4.69, 9.17) is 4.42 Å². The topological polar surface area (TPSA) is 49.6 Å². The van der Waals surface area contributed by atoms with Crippen LogP contribution in [0.25, 0.3) is 0 Å². The highest BCUT2D eigenvalue weighted by atomic mass is 127. The van der Waals surface area contributed by atoms with E-state index in [1.165, 1.54) is 6.07 Å². The third-order valence-electron chi connectivity index (χ3n) is 3.16. The van der Waals surface area contributed by atoms with Crippen LogP contribution in [-0.2, 0) is 12.8 Å². The zero-order chi connectivity index (χ0) is 15.8. The largest absolute Gasteiger partial charge is 0.469 e. The molecule has 2 rings (SSSR count). The van der Waals surface area contributed by atoms with Gasteiger partial charge in [0, 0.05) is 26.6 Å². The molecule has 0 saturated carbocycles. The van der Waals surface area contributed by atoms with Crippen molar-refractivity contribution in [3.63, 3.8) is 0 Å². The summed E-state index contributed by atoms with van der Waals surface area (Å²) in [6.45, 7) is 1.13. The van der Waals surface area contributed by atoms with Gasteiger partial charge in [-0.1, -0.05) is 0 Å². The Morgan fingerprint density at radius 1 is 1.13 bits per heavy atom. The second kappa shape index (κ2) is 10.2.